The first kappa shape index (κ1) is 68.8. The smallest absolute Gasteiger partial charge is 0.252 e. The van der Waals surface area contributed by atoms with Gasteiger partial charge in [0.2, 0.25) is 0 Å². The largest absolute Gasteiger partial charge is 0.311 e. The lowest BCUT2D eigenvalue weighted by Crippen LogP contribution is -2.61. The molecule has 118 heavy (non-hydrogen) atoms. The third kappa shape index (κ3) is 12.5. The van der Waals surface area contributed by atoms with E-state index in [2.05, 4.69) is 391 Å². The van der Waals surface area contributed by atoms with Crippen molar-refractivity contribution in [2.45, 2.75) is 171 Å². The van der Waals surface area contributed by atoms with Crippen LogP contribution in [0.5, 0.6) is 0 Å². The van der Waals surface area contributed by atoms with Crippen LogP contribution >= 0.6 is 0 Å². The van der Waals surface area contributed by atoms with Crippen molar-refractivity contribution in [3.05, 3.63) is 323 Å². The Balaban J connectivity index is 1.01. The summed E-state index contributed by atoms with van der Waals surface area (Å²) in [5.41, 5.74) is 28.3. The summed E-state index contributed by atoms with van der Waals surface area (Å²) in [6.07, 6.45) is 0. The number of aromatic nitrogens is 3. The molecule has 0 atom stereocenters. The van der Waals surface area contributed by atoms with Gasteiger partial charge < -0.3 is 23.5 Å². The zero-order valence-corrected chi connectivity index (χ0v) is 71.2. The molecule has 0 saturated heterocycles. The van der Waals surface area contributed by atoms with Crippen molar-refractivity contribution in [1.82, 2.24) is 13.7 Å². The maximum absolute atomic E-state index is 12.8. The van der Waals surface area contributed by atoms with E-state index in [1.165, 1.54) is 50.2 Å². The number of hydrogen-bond acceptors (Lipinski definition) is 3. The molecular formula is C111H105BN6. The lowest BCUT2D eigenvalue weighted by Gasteiger charge is -2.45. The first-order valence-corrected chi connectivity index (χ1v) is 41.8. The zero-order valence-electron chi connectivity index (χ0n) is 77.2. The van der Waals surface area contributed by atoms with E-state index in [0.29, 0.717) is 22.4 Å². The van der Waals surface area contributed by atoms with E-state index in [0.717, 1.165) is 139 Å². The summed E-state index contributed by atoms with van der Waals surface area (Å²) in [6, 6.07) is 102. The van der Waals surface area contributed by atoms with Gasteiger partial charge >= 0.3 is 0 Å². The van der Waals surface area contributed by atoms with Gasteiger partial charge in [0.15, 0.2) is 0 Å². The molecule has 3 aromatic heterocycles. The number of benzene rings is 14. The Morgan fingerprint density at radius 2 is 0.669 bits per heavy atom. The standard InChI is InChI=1S/C111H105BN6/c1-67-49-68(2)51-71(50-67)73-52-72(69-29-22-21-23-30-69)55-82(56-73)116-101-57-70(74-53-79(110(15,16)17)58-80(54-74)111(18,19)20)37-43-91(101)112-92-44-42-81(114-97-45-38-75(106(3,4)5)59-86(97)87-60-76(107(6,7)8)39-46-98(87)114)63-102(92)118(96-36-28-35-95(90(96)66-113)117-93-33-26-24-31-84(93)85-32-25-27-34-94(85)117)104-65-83(64-103(116)105(104)112)115-99-47-40-77(108(9,10)11)61-88(99)89-62-78(109(12,13)14)41-48-100(89)115/h21-65H,1-20H3/i1D3,2D3. The molecule has 19 rings (SSSR count). The van der Waals surface area contributed by atoms with Crippen LogP contribution in [0.15, 0.2) is 273 Å². The minimum absolute atomic E-state index is 0.0636. The molecule has 0 bridgehead atoms. The lowest BCUT2D eigenvalue weighted by molar-refractivity contribution is 0.569. The van der Waals surface area contributed by atoms with E-state index in [-0.39, 0.29) is 43.6 Å². The van der Waals surface area contributed by atoms with Crippen LogP contribution < -0.4 is 26.2 Å². The number of nitriles is 1. The van der Waals surface area contributed by atoms with Crippen LogP contribution in [-0.2, 0) is 32.5 Å². The molecule has 0 spiro atoms. The first-order chi connectivity index (χ1) is 58.5. The average Bonchev–Trinajstić information content (AvgIpc) is 0.715. The SMILES string of the molecule is [2H]C([2H])([2H])c1cc(-c2cc(-c3ccccc3)cc(N3c4cc(-c5cc(C(C)(C)C)cc(C(C)(C)C)c5)ccc4B4c5ccc(-n6c7ccc(C(C)(C)C)cc7c7cc(C(C)(C)C)ccc76)cc5N(c5cccc(-n6c7ccccc7c7ccccc76)c5C#N)c5cc(-n6c7ccc(C(C)(C)C)cc7c7cc(C(C)(C)C)ccc76)cc3c54)c2)cc(C([2H])([2H])[2H])c1. The van der Waals surface area contributed by atoms with Crippen LogP contribution in [0.25, 0.3) is 116 Å². The number of aryl methyl sites for hydroxylation is 2. The van der Waals surface area contributed by atoms with Gasteiger partial charge in [-0.3, -0.25) is 0 Å². The van der Waals surface area contributed by atoms with E-state index in [4.69, 9.17) is 8.22 Å². The molecule has 582 valence electrons. The van der Waals surface area contributed by atoms with Crippen LogP contribution in [0, 0.1) is 25.0 Å². The molecule has 0 fully saturated rings. The monoisotopic (exact) mass is 1540 g/mol. The van der Waals surface area contributed by atoms with Gasteiger partial charge in [0.25, 0.3) is 6.71 Å². The predicted molar refractivity (Wildman–Crippen MR) is 506 cm³/mol. The van der Waals surface area contributed by atoms with Crippen LogP contribution in [0.3, 0.4) is 0 Å². The second kappa shape index (κ2) is 26.8. The number of hydrogen-bond donors (Lipinski definition) is 0. The molecule has 0 N–H and O–H groups in total. The highest BCUT2D eigenvalue weighted by Gasteiger charge is 2.46. The second-order valence-electron chi connectivity index (χ2n) is 39.5. The Hall–Kier alpha value is -12.4. The molecule has 5 heterocycles. The Kier molecular flexibility index (Phi) is 15.7. The fourth-order valence-electron chi connectivity index (χ4n) is 18.8. The molecule has 0 radical (unpaired) electrons. The molecule has 6 nitrogen and oxygen atoms in total. The summed E-state index contributed by atoms with van der Waals surface area (Å²) in [7, 11) is 0. The first-order valence-electron chi connectivity index (χ1n) is 44.8. The molecule has 14 aromatic carbocycles. The summed E-state index contributed by atoms with van der Waals surface area (Å²) in [5, 5.41) is 19.5. The quantitative estimate of drug-likeness (QED) is 0.142. The van der Waals surface area contributed by atoms with Gasteiger partial charge in [-0.25, -0.2) is 0 Å². The van der Waals surface area contributed by atoms with Crippen molar-refractivity contribution >= 4 is 123 Å². The molecule has 0 unspecified atom stereocenters. The van der Waals surface area contributed by atoms with E-state index in [1.54, 1.807) is 12.1 Å². The number of anilines is 6. The summed E-state index contributed by atoms with van der Waals surface area (Å²) < 4.78 is 60.8. The van der Waals surface area contributed by atoms with Crippen LogP contribution in [0.4, 0.5) is 34.1 Å². The second-order valence-corrected chi connectivity index (χ2v) is 39.5. The number of rotatable bonds is 8. The molecule has 17 aromatic rings. The van der Waals surface area contributed by atoms with Crippen LogP contribution in [0.2, 0.25) is 0 Å². The molecule has 0 aliphatic carbocycles. The van der Waals surface area contributed by atoms with Crippen molar-refractivity contribution < 1.29 is 8.22 Å². The Morgan fingerprint density at radius 3 is 1.15 bits per heavy atom. The molecule has 0 saturated carbocycles. The maximum Gasteiger partial charge on any atom is 0.252 e. The number of fused-ring (bicyclic) bond motifs is 13. The fourth-order valence-corrected chi connectivity index (χ4v) is 18.8. The Bertz CT molecular complexity index is 7100. The lowest BCUT2D eigenvalue weighted by atomic mass is 9.33. The summed E-state index contributed by atoms with van der Waals surface area (Å²) in [5.74, 6) is 0. The van der Waals surface area contributed by atoms with E-state index in [9.17, 15) is 5.26 Å². The zero-order chi connectivity index (χ0) is 87.5. The van der Waals surface area contributed by atoms with Gasteiger partial charge in [0, 0.05) is 74.7 Å². The van der Waals surface area contributed by atoms with Gasteiger partial charge in [0.05, 0.1) is 50.2 Å². The van der Waals surface area contributed by atoms with Crippen LogP contribution in [-0.4, -0.2) is 20.4 Å². The molecule has 2 aliphatic rings. The highest BCUT2D eigenvalue weighted by atomic mass is 15.2. The normalized spacial score (nSPS) is 14.3. The topological polar surface area (TPSA) is 45.1 Å². The van der Waals surface area contributed by atoms with Crippen LogP contribution in [0.1, 0.15) is 183 Å². The van der Waals surface area contributed by atoms with Gasteiger partial charge in [-0.15, -0.1) is 0 Å². The van der Waals surface area contributed by atoms with Crippen molar-refractivity contribution in [3.8, 4) is 56.5 Å². The van der Waals surface area contributed by atoms with Gasteiger partial charge in [-0.05, 0) is 251 Å². The van der Waals surface area contributed by atoms with Gasteiger partial charge in [-0.2, -0.15) is 5.26 Å². The highest BCUT2D eigenvalue weighted by Crippen LogP contribution is 2.52. The van der Waals surface area contributed by atoms with Gasteiger partial charge in [-0.1, -0.05) is 287 Å². The molecular weight excluding hydrogens is 1430 g/mol. The summed E-state index contributed by atoms with van der Waals surface area (Å²) in [6.45, 7) is 35.4. The average molecular weight is 1540 g/mol. The molecule has 0 amide bonds. The predicted octanol–water partition coefficient (Wildman–Crippen LogP) is 28.3. The van der Waals surface area contributed by atoms with E-state index >= 15 is 0 Å². The van der Waals surface area contributed by atoms with E-state index < -0.39 is 20.4 Å². The third-order valence-electron chi connectivity index (χ3n) is 25.3. The van der Waals surface area contributed by atoms with Gasteiger partial charge in [0.1, 0.15) is 11.6 Å². The Labute approximate surface area is 705 Å². The number of nitrogens with zero attached hydrogens (tertiary/aromatic N) is 6. The summed E-state index contributed by atoms with van der Waals surface area (Å²) >= 11 is 0. The molecule has 7 heteroatoms. The highest BCUT2D eigenvalue weighted by molar-refractivity contribution is 7.00. The summed E-state index contributed by atoms with van der Waals surface area (Å²) in [4.78, 5) is 4.87. The minimum atomic E-state index is -2.65. The van der Waals surface area contributed by atoms with Crippen molar-refractivity contribution in [3.63, 3.8) is 0 Å². The minimum Gasteiger partial charge on any atom is -0.311 e. The maximum atomic E-state index is 12.8. The van der Waals surface area contributed by atoms with Crippen molar-refractivity contribution in [2.75, 3.05) is 9.80 Å². The fraction of sp³-hybridized carbons (Fsp3) is 0.234. The Morgan fingerprint density at radius 1 is 0.263 bits per heavy atom. The van der Waals surface area contributed by atoms with Crippen molar-refractivity contribution in [2.24, 2.45) is 0 Å². The van der Waals surface area contributed by atoms with Crippen molar-refractivity contribution in [1.29, 1.82) is 5.26 Å². The van der Waals surface area contributed by atoms with E-state index in [1.807, 2.05) is 18.2 Å². The third-order valence-corrected chi connectivity index (χ3v) is 25.3. The number of para-hydroxylation sites is 2. The molecule has 2 aliphatic heterocycles.